The summed E-state index contributed by atoms with van der Waals surface area (Å²) in [6.07, 6.45) is 4.15. The largest absolute Gasteiger partial charge is 0.395 e. The number of aromatic nitrogens is 3. The summed E-state index contributed by atoms with van der Waals surface area (Å²) in [7, 11) is 3.48. The number of nitrogens with one attached hydrogen (secondary N) is 2. The minimum Gasteiger partial charge on any atom is -0.395 e. The maximum atomic E-state index is 15.0. The van der Waals surface area contributed by atoms with E-state index in [1.54, 1.807) is 36.0 Å². The van der Waals surface area contributed by atoms with Crippen molar-refractivity contribution >= 4 is 34.2 Å². The summed E-state index contributed by atoms with van der Waals surface area (Å²) in [6, 6.07) is 11.7. The molecular formula is C32H35FN6O3. The van der Waals surface area contributed by atoms with Gasteiger partial charge in [0.1, 0.15) is 17.8 Å². The number of fused-ring (bicyclic) bond motifs is 1. The second-order valence-corrected chi connectivity index (χ2v) is 11.5. The SMILES string of the molecule is Cc1c(NC(=O)c2ccc(C(C)(C)CO)cc2)cc(F)cc1-c1ncnc2[nH]c(C3=CCN(C(=O)N(C)C)CC3)cc12. The van der Waals surface area contributed by atoms with E-state index in [1.807, 2.05) is 45.0 Å². The van der Waals surface area contributed by atoms with Crippen molar-refractivity contribution in [3.05, 3.63) is 83.1 Å². The summed E-state index contributed by atoms with van der Waals surface area (Å²) in [5.41, 5.74) is 5.56. The first kappa shape index (κ1) is 28.9. The molecule has 0 saturated carbocycles. The minimum absolute atomic E-state index is 0.0171. The highest BCUT2D eigenvalue weighted by Crippen LogP contribution is 2.35. The highest BCUT2D eigenvalue weighted by molar-refractivity contribution is 6.05. The van der Waals surface area contributed by atoms with Crippen LogP contribution in [-0.4, -0.2) is 75.6 Å². The van der Waals surface area contributed by atoms with Gasteiger partial charge in [-0.05, 0) is 60.4 Å². The minimum atomic E-state index is -0.505. The first-order valence-corrected chi connectivity index (χ1v) is 13.8. The zero-order chi connectivity index (χ0) is 30.2. The van der Waals surface area contributed by atoms with Crippen LogP contribution in [0.15, 0.2) is 54.9 Å². The van der Waals surface area contributed by atoms with Gasteiger partial charge in [0.25, 0.3) is 5.91 Å². The van der Waals surface area contributed by atoms with Crippen LogP contribution in [0.3, 0.4) is 0 Å². The van der Waals surface area contributed by atoms with E-state index in [0.717, 1.165) is 22.2 Å². The van der Waals surface area contributed by atoms with Gasteiger partial charge < -0.3 is 25.2 Å². The average Bonchev–Trinajstić information content (AvgIpc) is 3.43. The number of aromatic amines is 1. The van der Waals surface area contributed by atoms with Gasteiger partial charge in [-0.1, -0.05) is 32.1 Å². The molecule has 9 nitrogen and oxygen atoms in total. The predicted molar refractivity (Wildman–Crippen MR) is 162 cm³/mol. The van der Waals surface area contributed by atoms with Crippen LogP contribution in [0.4, 0.5) is 14.9 Å². The smallest absolute Gasteiger partial charge is 0.319 e. The van der Waals surface area contributed by atoms with E-state index in [4.69, 9.17) is 0 Å². The predicted octanol–water partition coefficient (Wildman–Crippen LogP) is 5.37. The molecular weight excluding hydrogens is 535 g/mol. The molecule has 0 saturated heterocycles. The van der Waals surface area contributed by atoms with Gasteiger partial charge in [0.05, 0.1) is 12.3 Å². The molecule has 0 radical (unpaired) electrons. The lowest BCUT2D eigenvalue weighted by molar-refractivity contribution is 0.102. The average molecular weight is 571 g/mol. The number of H-pyrrole nitrogens is 1. The Hall–Kier alpha value is -4.57. The van der Waals surface area contributed by atoms with Crippen molar-refractivity contribution in [2.45, 2.75) is 32.6 Å². The van der Waals surface area contributed by atoms with Gasteiger partial charge in [-0.3, -0.25) is 4.79 Å². The number of carbonyl (C=O) groups is 2. The number of urea groups is 1. The molecule has 0 aliphatic carbocycles. The number of benzene rings is 2. The fourth-order valence-electron chi connectivity index (χ4n) is 5.11. The summed E-state index contributed by atoms with van der Waals surface area (Å²) in [5, 5.41) is 13.2. The van der Waals surface area contributed by atoms with Gasteiger partial charge in [0, 0.05) is 60.5 Å². The fourth-order valence-corrected chi connectivity index (χ4v) is 5.11. The van der Waals surface area contributed by atoms with Gasteiger partial charge in [0.2, 0.25) is 0 Å². The normalized spacial score (nSPS) is 13.7. The Bertz CT molecular complexity index is 1690. The number of carbonyl (C=O) groups excluding carboxylic acids is 2. The van der Waals surface area contributed by atoms with Crippen LogP contribution in [0.25, 0.3) is 27.9 Å². The monoisotopic (exact) mass is 570 g/mol. The molecule has 10 heteroatoms. The summed E-state index contributed by atoms with van der Waals surface area (Å²) >= 11 is 0. The van der Waals surface area contributed by atoms with Crippen molar-refractivity contribution in [2.24, 2.45) is 0 Å². The molecule has 2 aromatic heterocycles. The Labute approximate surface area is 244 Å². The number of aliphatic hydroxyl groups excluding tert-OH is 1. The zero-order valence-corrected chi connectivity index (χ0v) is 24.5. The molecule has 3 N–H and O–H groups in total. The zero-order valence-electron chi connectivity index (χ0n) is 24.5. The van der Waals surface area contributed by atoms with Crippen LogP contribution in [0.1, 0.15) is 47.4 Å². The third-order valence-electron chi connectivity index (χ3n) is 7.83. The molecule has 3 amide bonds. The fraction of sp³-hybridized carbons (Fsp3) is 0.312. The molecule has 1 aliphatic heterocycles. The van der Waals surface area contributed by atoms with Crippen LogP contribution in [-0.2, 0) is 5.41 Å². The van der Waals surface area contributed by atoms with Gasteiger partial charge in [-0.25, -0.2) is 19.2 Å². The lowest BCUT2D eigenvalue weighted by Crippen LogP contribution is -2.41. The number of hydrogen-bond donors (Lipinski definition) is 3. The van der Waals surface area contributed by atoms with Crippen LogP contribution in [0.5, 0.6) is 0 Å². The Balaban J connectivity index is 1.43. The highest BCUT2D eigenvalue weighted by Gasteiger charge is 2.23. The van der Waals surface area contributed by atoms with E-state index in [9.17, 15) is 19.1 Å². The lowest BCUT2D eigenvalue weighted by atomic mass is 9.85. The van der Waals surface area contributed by atoms with Crippen molar-refractivity contribution in [3.8, 4) is 11.3 Å². The van der Waals surface area contributed by atoms with Gasteiger partial charge in [-0.15, -0.1) is 0 Å². The third-order valence-corrected chi connectivity index (χ3v) is 7.83. The Kier molecular flexibility index (Phi) is 7.83. The van der Waals surface area contributed by atoms with Gasteiger partial charge in [-0.2, -0.15) is 0 Å². The number of aliphatic hydroxyl groups is 1. The molecule has 0 atom stereocenters. The molecule has 2 aromatic carbocycles. The Morgan fingerprint density at radius 3 is 2.52 bits per heavy atom. The Morgan fingerprint density at radius 2 is 1.88 bits per heavy atom. The molecule has 0 fully saturated rings. The van der Waals surface area contributed by atoms with E-state index in [0.29, 0.717) is 53.2 Å². The number of anilines is 1. The number of nitrogens with zero attached hydrogens (tertiary/aromatic N) is 4. The summed E-state index contributed by atoms with van der Waals surface area (Å²) in [6.45, 7) is 6.76. The summed E-state index contributed by atoms with van der Waals surface area (Å²) in [4.78, 5) is 41.0. The Morgan fingerprint density at radius 1 is 1.14 bits per heavy atom. The lowest BCUT2D eigenvalue weighted by Gasteiger charge is -2.28. The topological polar surface area (TPSA) is 114 Å². The van der Waals surface area contributed by atoms with Gasteiger partial charge >= 0.3 is 6.03 Å². The standard InChI is InChI=1S/C32H35FN6O3/c1-19-24(14-23(33)15-26(19)37-30(41)21-6-8-22(9-7-21)32(2,3)17-40)28-25-16-27(36-29(25)35-18-34-28)20-10-12-39(13-11-20)31(42)38(4)5/h6-10,14-16,18,40H,11-13,17H2,1-5H3,(H,37,41)(H,34,35,36). The second-order valence-electron chi connectivity index (χ2n) is 11.5. The van der Waals surface area contributed by atoms with E-state index in [-0.39, 0.29) is 18.5 Å². The molecule has 0 bridgehead atoms. The maximum absolute atomic E-state index is 15.0. The highest BCUT2D eigenvalue weighted by atomic mass is 19.1. The van der Waals surface area contributed by atoms with Crippen molar-refractivity contribution in [2.75, 3.05) is 39.1 Å². The molecule has 42 heavy (non-hydrogen) atoms. The van der Waals surface area contributed by atoms with Crippen molar-refractivity contribution < 1.29 is 19.1 Å². The molecule has 218 valence electrons. The van der Waals surface area contributed by atoms with E-state index >= 15 is 0 Å². The van der Waals surface area contributed by atoms with Crippen molar-refractivity contribution in [1.29, 1.82) is 0 Å². The van der Waals surface area contributed by atoms with Crippen molar-refractivity contribution in [3.63, 3.8) is 0 Å². The quantitative estimate of drug-likeness (QED) is 0.289. The summed E-state index contributed by atoms with van der Waals surface area (Å²) < 4.78 is 15.0. The van der Waals surface area contributed by atoms with Crippen molar-refractivity contribution in [1.82, 2.24) is 24.8 Å². The first-order chi connectivity index (χ1) is 20.0. The third kappa shape index (κ3) is 5.62. The molecule has 0 unspecified atom stereocenters. The molecule has 3 heterocycles. The van der Waals surface area contributed by atoms with E-state index in [1.165, 1.54) is 18.5 Å². The van der Waals surface area contributed by atoms with Crippen LogP contribution < -0.4 is 5.32 Å². The number of rotatable bonds is 6. The maximum Gasteiger partial charge on any atom is 0.319 e. The van der Waals surface area contributed by atoms with Crippen LogP contribution in [0, 0.1) is 12.7 Å². The van der Waals surface area contributed by atoms with Crippen LogP contribution in [0.2, 0.25) is 0 Å². The molecule has 1 aliphatic rings. The van der Waals surface area contributed by atoms with Crippen LogP contribution >= 0.6 is 0 Å². The number of hydrogen-bond acceptors (Lipinski definition) is 5. The van der Waals surface area contributed by atoms with Gasteiger partial charge in [0.15, 0.2) is 0 Å². The number of amides is 3. The molecule has 5 rings (SSSR count). The first-order valence-electron chi connectivity index (χ1n) is 13.8. The molecule has 0 spiro atoms. The van der Waals surface area contributed by atoms with E-state index in [2.05, 4.69) is 20.3 Å². The van der Waals surface area contributed by atoms with E-state index < -0.39 is 11.2 Å². The number of halogens is 1. The summed E-state index contributed by atoms with van der Waals surface area (Å²) in [5.74, 6) is -0.875. The second kappa shape index (κ2) is 11.4. The molecule has 4 aromatic rings.